The van der Waals surface area contributed by atoms with Crippen molar-refractivity contribution in [3.05, 3.63) is 194 Å². The van der Waals surface area contributed by atoms with E-state index in [4.69, 9.17) is 19.9 Å². The predicted molar refractivity (Wildman–Crippen MR) is 232 cm³/mol. The molecule has 0 amide bonds. The Bertz CT molecular complexity index is 3280. The molecular formula is C51H32N6. The van der Waals surface area contributed by atoms with Crippen LogP contribution in [0.5, 0.6) is 0 Å². The van der Waals surface area contributed by atoms with Crippen LogP contribution in [0.4, 0.5) is 0 Å². The maximum absolute atomic E-state index is 5.09. The Kier molecular flexibility index (Phi) is 7.71. The van der Waals surface area contributed by atoms with Crippen LogP contribution in [0.3, 0.4) is 0 Å². The number of hydrogen-bond acceptors (Lipinski definition) is 5. The van der Waals surface area contributed by atoms with E-state index in [1.54, 1.807) is 0 Å². The molecule has 0 saturated heterocycles. The van der Waals surface area contributed by atoms with Crippen molar-refractivity contribution in [2.24, 2.45) is 0 Å². The van der Waals surface area contributed by atoms with E-state index in [9.17, 15) is 0 Å². The first-order chi connectivity index (χ1) is 28.2. The smallest absolute Gasteiger partial charge is 0.164 e. The Morgan fingerprint density at radius 1 is 0.333 bits per heavy atom. The summed E-state index contributed by atoms with van der Waals surface area (Å²) < 4.78 is 2.35. The number of fused-ring (bicyclic) bond motifs is 6. The van der Waals surface area contributed by atoms with Gasteiger partial charge in [-0.3, -0.25) is 4.98 Å². The molecule has 0 unspecified atom stereocenters. The molecule has 0 aliphatic carbocycles. The maximum atomic E-state index is 5.09. The fourth-order valence-electron chi connectivity index (χ4n) is 7.87. The summed E-state index contributed by atoms with van der Waals surface area (Å²) in [6.07, 6.45) is 1.82. The van der Waals surface area contributed by atoms with Crippen molar-refractivity contribution in [3.63, 3.8) is 0 Å². The molecule has 0 bridgehead atoms. The zero-order valence-electron chi connectivity index (χ0n) is 30.7. The minimum absolute atomic E-state index is 0.603. The molecule has 57 heavy (non-hydrogen) atoms. The van der Waals surface area contributed by atoms with Crippen molar-refractivity contribution in [2.45, 2.75) is 0 Å². The van der Waals surface area contributed by atoms with Gasteiger partial charge >= 0.3 is 0 Å². The summed E-state index contributed by atoms with van der Waals surface area (Å²) in [5, 5.41) is 4.59. The summed E-state index contributed by atoms with van der Waals surface area (Å²) in [6.45, 7) is 0. The first-order valence-electron chi connectivity index (χ1n) is 19.0. The van der Waals surface area contributed by atoms with Gasteiger partial charge in [0.05, 0.1) is 27.8 Å². The molecule has 0 fully saturated rings. The van der Waals surface area contributed by atoms with E-state index in [2.05, 4.69) is 161 Å². The molecule has 4 heterocycles. The number of hydrogen-bond donors (Lipinski definition) is 0. The van der Waals surface area contributed by atoms with Crippen molar-refractivity contribution in [1.82, 2.24) is 29.5 Å². The van der Waals surface area contributed by atoms with Crippen LogP contribution in [0, 0.1) is 0 Å². The van der Waals surface area contributed by atoms with Gasteiger partial charge in [-0.05, 0) is 53.6 Å². The summed E-state index contributed by atoms with van der Waals surface area (Å²) in [5.74, 6) is 1.83. The molecule has 0 saturated carbocycles. The number of para-hydroxylation sites is 2. The second-order valence-corrected chi connectivity index (χ2v) is 14.2. The average molecular weight is 729 g/mol. The van der Waals surface area contributed by atoms with Crippen LogP contribution in [-0.2, 0) is 0 Å². The van der Waals surface area contributed by atoms with Crippen LogP contribution >= 0.6 is 0 Å². The lowest BCUT2D eigenvalue weighted by molar-refractivity contribution is 1.07. The van der Waals surface area contributed by atoms with Gasteiger partial charge in [0, 0.05) is 55.7 Å². The van der Waals surface area contributed by atoms with Crippen LogP contribution in [0.1, 0.15) is 0 Å². The van der Waals surface area contributed by atoms with Crippen molar-refractivity contribution >= 4 is 43.6 Å². The van der Waals surface area contributed by atoms with Crippen molar-refractivity contribution < 1.29 is 0 Å². The molecule has 11 rings (SSSR count). The van der Waals surface area contributed by atoms with Crippen molar-refractivity contribution in [2.75, 3.05) is 0 Å². The molecular weight excluding hydrogens is 697 g/mol. The van der Waals surface area contributed by atoms with Gasteiger partial charge in [0.2, 0.25) is 0 Å². The van der Waals surface area contributed by atoms with Gasteiger partial charge in [0.25, 0.3) is 0 Å². The minimum Gasteiger partial charge on any atom is -0.309 e. The Labute approximate surface area is 328 Å². The summed E-state index contributed by atoms with van der Waals surface area (Å²) in [4.78, 5) is 24.8. The fraction of sp³-hybridized carbons (Fsp3) is 0. The van der Waals surface area contributed by atoms with E-state index in [1.807, 2.05) is 42.6 Å². The molecule has 0 aliphatic rings. The highest BCUT2D eigenvalue weighted by molar-refractivity contribution is 6.10. The third-order valence-electron chi connectivity index (χ3n) is 10.7. The van der Waals surface area contributed by atoms with Crippen molar-refractivity contribution in [1.29, 1.82) is 0 Å². The number of nitrogens with zero attached hydrogens (tertiary/aromatic N) is 6. The minimum atomic E-state index is 0.603. The SMILES string of the molecule is c1ccc(-c2nc(-c3ccc(-c4ccc5ccc6cccnc6c5n4)cc3)nc(-c3cccc(-c4ccc5c6ccccc6n(-c6ccccc6)c5c4)c3)n2)cc1. The van der Waals surface area contributed by atoms with Gasteiger partial charge in [-0.2, -0.15) is 0 Å². The highest BCUT2D eigenvalue weighted by atomic mass is 15.0. The molecule has 7 aromatic carbocycles. The lowest BCUT2D eigenvalue weighted by atomic mass is 10.0. The lowest BCUT2D eigenvalue weighted by Crippen LogP contribution is -2.00. The largest absolute Gasteiger partial charge is 0.309 e. The van der Waals surface area contributed by atoms with Gasteiger partial charge in [-0.15, -0.1) is 0 Å². The lowest BCUT2D eigenvalue weighted by Gasteiger charge is -2.11. The van der Waals surface area contributed by atoms with E-state index in [1.165, 1.54) is 16.3 Å². The molecule has 6 heteroatoms. The highest BCUT2D eigenvalue weighted by Gasteiger charge is 2.16. The van der Waals surface area contributed by atoms with Crippen LogP contribution < -0.4 is 0 Å². The first-order valence-corrected chi connectivity index (χ1v) is 19.0. The Morgan fingerprint density at radius 3 is 1.72 bits per heavy atom. The first kappa shape index (κ1) is 32.6. The normalized spacial score (nSPS) is 11.5. The molecule has 0 N–H and O–H groups in total. The maximum Gasteiger partial charge on any atom is 0.164 e. The topological polar surface area (TPSA) is 69.4 Å². The van der Waals surface area contributed by atoms with Gasteiger partial charge in [-0.1, -0.05) is 146 Å². The number of benzene rings is 7. The Balaban J connectivity index is 0.995. The van der Waals surface area contributed by atoms with Gasteiger partial charge in [0.15, 0.2) is 17.5 Å². The van der Waals surface area contributed by atoms with Crippen LogP contribution in [0.25, 0.3) is 106 Å². The second kappa shape index (κ2) is 13.5. The van der Waals surface area contributed by atoms with Crippen molar-refractivity contribution in [3.8, 4) is 62.2 Å². The van der Waals surface area contributed by atoms with Gasteiger partial charge in [-0.25, -0.2) is 19.9 Å². The summed E-state index contributed by atoms with van der Waals surface area (Å²) in [6, 6.07) is 65.2. The van der Waals surface area contributed by atoms with E-state index in [0.29, 0.717) is 17.5 Å². The van der Waals surface area contributed by atoms with Crippen LogP contribution in [-0.4, -0.2) is 29.5 Å². The standard InChI is InChI=1S/C51H32N6/c1-3-11-36(12-4-1)49-54-50(37-24-20-33(21-25-37)44-29-27-35-23-22-34-15-10-30-52-47(34)48(35)53-44)56-51(55-49)40-14-9-13-38(31-40)39-26-28-43-42-18-7-8-19-45(42)57(46(43)32-39)41-16-5-2-6-17-41/h1-32H. The predicted octanol–water partition coefficient (Wildman–Crippen LogP) is 12.4. The van der Waals surface area contributed by atoms with E-state index in [-0.39, 0.29) is 0 Å². The summed E-state index contributed by atoms with van der Waals surface area (Å²) in [5.41, 5.74) is 12.1. The van der Waals surface area contributed by atoms with Gasteiger partial charge < -0.3 is 4.57 Å². The Hall–Kier alpha value is -7.83. The third kappa shape index (κ3) is 5.79. The fourth-order valence-corrected chi connectivity index (χ4v) is 7.87. The third-order valence-corrected chi connectivity index (χ3v) is 10.7. The molecule has 266 valence electrons. The monoisotopic (exact) mass is 728 g/mol. The molecule has 0 aliphatic heterocycles. The van der Waals surface area contributed by atoms with E-state index in [0.717, 1.165) is 72.1 Å². The average Bonchev–Trinajstić information content (AvgIpc) is 3.63. The summed E-state index contributed by atoms with van der Waals surface area (Å²) in [7, 11) is 0. The van der Waals surface area contributed by atoms with Gasteiger partial charge in [0.1, 0.15) is 0 Å². The van der Waals surface area contributed by atoms with E-state index < -0.39 is 0 Å². The second-order valence-electron chi connectivity index (χ2n) is 14.2. The molecule has 11 aromatic rings. The molecule has 4 aromatic heterocycles. The molecule has 0 atom stereocenters. The zero-order chi connectivity index (χ0) is 37.7. The molecule has 0 spiro atoms. The number of rotatable bonds is 6. The number of pyridine rings is 2. The van der Waals surface area contributed by atoms with Crippen LogP contribution in [0.2, 0.25) is 0 Å². The number of aromatic nitrogens is 6. The summed E-state index contributed by atoms with van der Waals surface area (Å²) >= 11 is 0. The van der Waals surface area contributed by atoms with Crippen LogP contribution in [0.15, 0.2) is 194 Å². The van der Waals surface area contributed by atoms with E-state index >= 15 is 0 Å². The Morgan fingerprint density at radius 2 is 0.912 bits per heavy atom. The molecule has 6 nitrogen and oxygen atoms in total. The molecule has 0 radical (unpaired) electrons. The highest BCUT2D eigenvalue weighted by Crippen LogP contribution is 2.36. The zero-order valence-corrected chi connectivity index (χ0v) is 30.7. The quantitative estimate of drug-likeness (QED) is 0.159.